The van der Waals surface area contributed by atoms with E-state index in [1.54, 1.807) is 12.1 Å². The van der Waals surface area contributed by atoms with Gasteiger partial charge in [0.05, 0.1) is 0 Å². The normalized spacial score (nSPS) is 14.9. The third kappa shape index (κ3) is 4.65. The van der Waals surface area contributed by atoms with Gasteiger partial charge in [-0.1, -0.05) is 32.4 Å². The number of hydrogen-bond acceptors (Lipinski definition) is 0. The summed E-state index contributed by atoms with van der Waals surface area (Å²) in [5.41, 5.74) is 0.985. The lowest BCUT2D eigenvalue weighted by atomic mass is 9.99. The summed E-state index contributed by atoms with van der Waals surface area (Å²) >= 11 is 6.22. The molecule has 0 saturated carbocycles. The van der Waals surface area contributed by atoms with Crippen LogP contribution in [0, 0.1) is 11.7 Å². The van der Waals surface area contributed by atoms with E-state index in [2.05, 4.69) is 13.8 Å². The van der Waals surface area contributed by atoms with Crippen LogP contribution in [-0.2, 0) is 6.42 Å². The van der Waals surface area contributed by atoms with Crippen LogP contribution in [0.5, 0.6) is 0 Å². The minimum atomic E-state index is -0.181. The molecular weight excluding hydrogens is 211 g/mol. The predicted molar refractivity (Wildman–Crippen MR) is 63.8 cm³/mol. The minimum Gasteiger partial charge on any atom is -0.207 e. The lowest BCUT2D eigenvalue weighted by Gasteiger charge is -2.13. The molecule has 0 fully saturated rings. The SMILES string of the molecule is CCC(C)CC(Cl)Cc1cccc(F)c1. The number of hydrogen-bond donors (Lipinski definition) is 0. The first-order valence-electron chi connectivity index (χ1n) is 5.50. The molecule has 15 heavy (non-hydrogen) atoms. The molecule has 0 nitrogen and oxygen atoms in total. The van der Waals surface area contributed by atoms with Gasteiger partial charge >= 0.3 is 0 Å². The van der Waals surface area contributed by atoms with E-state index < -0.39 is 0 Å². The molecule has 0 aliphatic rings. The first-order valence-corrected chi connectivity index (χ1v) is 5.94. The lowest BCUT2D eigenvalue weighted by Crippen LogP contribution is -2.08. The highest BCUT2D eigenvalue weighted by Crippen LogP contribution is 2.18. The zero-order valence-electron chi connectivity index (χ0n) is 9.34. The highest BCUT2D eigenvalue weighted by Gasteiger charge is 2.10. The van der Waals surface area contributed by atoms with Gasteiger partial charge in [-0.25, -0.2) is 4.39 Å². The van der Waals surface area contributed by atoms with Gasteiger partial charge in [-0.3, -0.25) is 0 Å². The van der Waals surface area contributed by atoms with E-state index in [0.717, 1.165) is 24.8 Å². The average molecular weight is 229 g/mol. The van der Waals surface area contributed by atoms with Crippen molar-refractivity contribution in [3.63, 3.8) is 0 Å². The first kappa shape index (κ1) is 12.5. The fraction of sp³-hybridized carbons (Fsp3) is 0.538. The lowest BCUT2D eigenvalue weighted by molar-refractivity contribution is 0.500. The molecule has 0 amide bonds. The van der Waals surface area contributed by atoms with Gasteiger partial charge in [0.15, 0.2) is 0 Å². The van der Waals surface area contributed by atoms with Crippen LogP contribution in [0.4, 0.5) is 4.39 Å². The molecule has 2 atom stereocenters. The highest BCUT2D eigenvalue weighted by molar-refractivity contribution is 6.20. The average Bonchev–Trinajstić information content (AvgIpc) is 2.17. The number of alkyl halides is 1. The Bertz CT molecular complexity index is 298. The second kappa shape index (κ2) is 6.12. The summed E-state index contributed by atoms with van der Waals surface area (Å²) in [4.78, 5) is 0. The van der Waals surface area contributed by atoms with Gasteiger partial charge in [-0.2, -0.15) is 0 Å². The largest absolute Gasteiger partial charge is 0.207 e. The first-order chi connectivity index (χ1) is 7.11. The zero-order valence-corrected chi connectivity index (χ0v) is 10.1. The van der Waals surface area contributed by atoms with Gasteiger partial charge < -0.3 is 0 Å². The Labute approximate surface area is 96.5 Å². The number of rotatable bonds is 5. The second-order valence-electron chi connectivity index (χ2n) is 4.18. The molecule has 0 N–H and O–H groups in total. The van der Waals surface area contributed by atoms with Crippen molar-refractivity contribution < 1.29 is 4.39 Å². The van der Waals surface area contributed by atoms with E-state index in [1.165, 1.54) is 6.07 Å². The smallest absolute Gasteiger partial charge is 0.123 e. The van der Waals surface area contributed by atoms with Crippen molar-refractivity contribution in [3.8, 4) is 0 Å². The molecule has 84 valence electrons. The Morgan fingerprint density at radius 3 is 2.73 bits per heavy atom. The van der Waals surface area contributed by atoms with E-state index >= 15 is 0 Å². The maximum atomic E-state index is 12.9. The molecule has 0 aromatic heterocycles. The summed E-state index contributed by atoms with van der Waals surface area (Å²) in [5.74, 6) is 0.459. The van der Waals surface area contributed by atoms with Crippen LogP contribution in [-0.4, -0.2) is 5.38 Å². The van der Waals surface area contributed by atoms with E-state index in [0.29, 0.717) is 5.92 Å². The molecule has 0 bridgehead atoms. The van der Waals surface area contributed by atoms with Gasteiger partial charge in [0.25, 0.3) is 0 Å². The van der Waals surface area contributed by atoms with Crippen LogP contribution >= 0.6 is 11.6 Å². The Hall–Kier alpha value is -0.560. The predicted octanol–water partition coefficient (Wildman–Crippen LogP) is 4.41. The Kier molecular flexibility index (Phi) is 5.10. The van der Waals surface area contributed by atoms with Gasteiger partial charge in [0.1, 0.15) is 5.82 Å². The van der Waals surface area contributed by atoms with Crippen molar-refractivity contribution in [3.05, 3.63) is 35.6 Å². The summed E-state index contributed by atoms with van der Waals surface area (Å²) in [6.45, 7) is 4.36. The van der Waals surface area contributed by atoms with E-state index in [4.69, 9.17) is 11.6 Å². The van der Waals surface area contributed by atoms with Crippen LogP contribution in [0.2, 0.25) is 0 Å². The summed E-state index contributed by atoms with van der Waals surface area (Å²) in [6.07, 6.45) is 2.89. The molecule has 1 rings (SSSR count). The van der Waals surface area contributed by atoms with Gasteiger partial charge in [-0.15, -0.1) is 11.6 Å². The van der Waals surface area contributed by atoms with Crippen LogP contribution in [0.1, 0.15) is 32.3 Å². The van der Waals surface area contributed by atoms with E-state index in [-0.39, 0.29) is 11.2 Å². The topological polar surface area (TPSA) is 0 Å². The Balaban J connectivity index is 2.47. The third-order valence-corrected chi connectivity index (χ3v) is 3.03. The molecule has 1 aromatic rings. The molecule has 2 unspecified atom stereocenters. The molecule has 1 aromatic carbocycles. The van der Waals surface area contributed by atoms with Crippen LogP contribution < -0.4 is 0 Å². The molecule has 0 radical (unpaired) electrons. The molecule has 0 aliphatic heterocycles. The maximum absolute atomic E-state index is 12.9. The maximum Gasteiger partial charge on any atom is 0.123 e. The summed E-state index contributed by atoms with van der Waals surface area (Å²) in [7, 11) is 0. The second-order valence-corrected chi connectivity index (χ2v) is 4.80. The molecular formula is C13H18ClF. The fourth-order valence-electron chi connectivity index (χ4n) is 1.61. The quantitative estimate of drug-likeness (QED) is 0.655. The van der Waals surface area contributed by atoms with Gasteiger partial charge in [0, 0.05) is 5.38 Å². The van der Waals surface area contributed by atoms with Gasteiger partial charge in [0.2, 0.25) is 0 Å². The number of benzene rings is 1. The Morgan fingerprint density at radius 2 is 2.13 bits per heavy atom. The minimum absolute atomic E-state index is 0.113. The van der Waals surface area contributed by atoms with Crippen molar-refractivity contribution in [1.82, 2.24) is 0 Å². The molecule has 0 saturated heterocycles. The molecule has 0 heterocycles. The molecule has 0 spiro atoms. The van der Waals surface area contributed by atoms with Crippen molar-refractivity contribution >= 4 is 11.6 Å². The van der Waals surface area contributed by atoms with Crippen LogP contribution in [0.3, 0.4) is 0 Å². The van der Waals surface area contributed by atoms with Crippen molar-refractivity contribution in [2.75, 3.05) is 0 Å². The highest BCUT2D eigenvalue weighted by atomic mass is 35.5. The zero-order chi connectivity index (χ0) is 11.3. The summed E-state index contributed by atoms with van der Waals surface area (Å²) in [6, 6.07) is 6.68. The third-order valence-electron chi connectivity index (χ3n) is 2.70. The van der Waals surface area contributed by atoms with Crippen molar-refractivity contribution in [1.29, 1.82) is 0 Å². The molecule has 2 heteroatoms. The standard InChI is InChI=1S/C13H18ClF/c1-3-10(2)7-12(14)8-11-5-4-6-13(15)9-11/h4-6,9-10,12H,3,7-8H2,1-2H3. The monoisotopic (exact) mass is 228 g/mol. The molecule has 0 aliphatic carbocycles. The van der Waals surface area contributed by atoms with E-state index in [9.17, 15) is 4.39 Å². The van der Waals surface area contributed by atoms with Gasteiger partial charge in [-0.05, 0) is 36.5 Å². The van der Waals surface area contributed by atoms with Crippen LogP contribution in [0.25, 0.3) is 0 Å². The fourth-order valence-corrected chi connectivity index (χ4v) is 2.09. The van der Waals surface area contributed by atoms with Crippen molar-refractivity contribution in [2.24, 2.45) is 5.92 Å². The van der Waals surface area contributed by atoms with Crippen molar-refractivity contribution in [2.45, 2.75) is 38.5 Å². The van der Waals surface area contributed by atoms with E-state index in [1.807, 2.05) is 6.07 Å². The summed E-state index contributed by atoms with van der Waals surface area (Å²) in [5, 5.41) is 0.113. The number of halogens is 2. The Morgan fingerprint density at radius 1 is 1.40 bits per heavy atom. The van der Waals surface area contributed by atoms with Crippen LogP contribution in [0.15, 0.2) is 24.3 Å². The summed E-state index contributed by atoms with van der Waals surface area (Å²) < 4.78 is 12.9.